The number of fused-ring (bicyclic) bond motifs is 3. The van der Waals surface area contributed by atoms with Crippen LogP contribution in [0.15, 0.2) is 48.7 Å². The minimum Gasteiger partial charge on any atom is -0.507 e. The normalized spacial score (nSPS) is 15.3. The van der Waals surface area contributed by atoms with Crippen LogP contribution < -0.4 is 5.32 Å². The highest BCUT2D eigenvalue weighted by atomic mass is 35.5. The van der Waals surface area contributed by atoms with E-state index < -0.39 is 0 Å². The molecule has 1 aliphatic rings. The van der Waals surface area contributed by atoms with E-state index >= 15 is 0 Å². The van der Waals surface area contributed by atoms with E-state index in [0.29, 0.717) is 5.02 Å². The van der Waals surface area contributed by atoms with Crippen LogP contribution in [0.2, 0.25) is 5.02 Å². The molecule has 0 radical (unpaired) electrons. The Kier molecular flexibility index (Phi) is 4.83. The summed E-state index contributed by atoms with van der Waals surface area (Å²) in [5.74, 6) is 0.990. The second-order valence-electron chi connectivity index (χ2n) is 7.35. The predicted octanol–water partition coefficient (Wildman–Crippen LogP) is 3.52. The molecule has 5 rings (SSSR count). The fourth-order valence-corrected chi connectivity index (χ4v) is 4.22. The summed E-state index contributed by atoms with van der Waals surface area (Å²) in [5.41, 5.74) is 3.42. The number of phenolic OH excluding ortho intramolecular Hbond substituents is 1. The lowest BCUT2D eigenvalue weighted by Gasteiger charge is -2.27. The van der Waals surface area contributed by atoms with E-state index in [0.717, 1.165) is 72.6 Å². The smallest absolute Gasteiger partial charge is 0.145 e. The van der Waals surface area contributed by atoms with Crippen LogP contribution in [0.1, 0.15) is 0 Å². The van der Waals surface area contributed by atoms with Gasteiger partial charge in [0, 0.05) is 49.7 Å². The van der Waals surface area contributed by atoms with Gasteiger partial charge in [-0.25, -0.2) is 4.98 Å². The number of aromatic hydroxyl groups is 1. The van der Waals surface area contributed by atoms with Gasteiger partial charge in [-0.15, -0.1) is 0 Å². The molecule has 2 aromatic carbocycles. The molecule has 2 aromatic heterocycles. The maximum atomic E-state index is 10.5. The summed E-state index contributed by atoms with van der Waals surface area (Å²) < 4.78 is 2.21. The molecule has 1 saturated heterocycles. The first kappa shape index (κ1) is 18.4. The van der Waals surface area contributed by atoms with E-state index in [1.165, 1.54) is 0 Å². The zero-order valence-electron chi connectivity index (χ0n) is 16.0. The summed E-state index contributed by atoms with van der Waals surface area (Å²) in [4.78, 5) is 11.9. The van der Waals surface area contributed by atoms with Crippen molar-refractivity contribution in [3.05, 3.63) is 53.7 Å². The molecule has 148 valence electrons. The number of nitrogens with one attached hydrogen (secondary N) is 1. The molecule has 0 bridgehead atoms. The standard InChI is InChI=1S/C22H22ClN5O/c23-15-5-6-16-18(13-15)25-14-19-21(16)28(12-11-27-9-7-24-8-10-27)22(26-19)17-3-1-2-4-20(17)29/h1-6,13-14,24,29H,7-12H2. The van der Waals surface area contributed by atoms with Crippen LogP contribution in [-0.2, 0) is 6.54 Å². The number of phenols is 1. The SMILES string of the molecule is Oc1ccccc1-c1nc2cnc3cc(Cl)ccc3c2n1CCN1CCNCC1. The predicted molar refractivity (Wildman–Crippen MR) is 116 cm³/mol. The van der Waals surface area contributed by atoms with Crippen LogP contribution in [0, 0.1) is 0 Å². The van der Waals surface area contributed by atoms with Crippen molar-refractivity contribution in [3.63, 3.8) is 0 Å². The Labute approximate surface area is 173 Å². The number of piperazine rings is 1. The number of pyridine rings is 1. The zero-order valence-corrected chi connectivity index (χ0v) is 16.7. The number of hydrogen-bond acceptors (Lipinski definition) is 5. The fraction of sp³-hybridized carbons (Fsp3) is 0.273. The Morgan fingerprint density at radius 3 is 2.69 bits per heavy atom. The van der Waals surface area contributed by atoms with Gasteiger partial charge in [-0.2, -0.15) is 0 Å². The summed E-state index contributed by atoms with van der Waals surface area (Å²) in [7, 11) is 0. The van der Waals surface area contributed by atoms with Crippen LogP contribution in [0.4, 0.5) is 0 Å². The molecule has 2 N–H and O–H groups in total. The highest BCUT2D eigenvalue weighted by molar-refractivity contribution is 6.31. The van der Waals surface area contributed by atoms with Gasteiger partial charge in [0.25, 0.3) is 0 Å². The lowest BCUT2D eigenvalue weighted by molar-refractivity contribution is 0.233. The molecule has 3 heterocycles. The van der Waals surface area contributed by atoms with Crippen molar-refractivity contribution < 1.29 is 5.11 Å². The summed E-state index contributed by atoms with van der Waals surface area (Å²) >= 11 is 6.19. The van der Waals surface area contributed by atoms with Gasteiger partial charge in [0.1, 0.15) is 17.1 Å². The molecule has 4 aromatic rings. The molecule has 0 saturated carbocycles. The quantitative estimate of drug-likeness (QED) is 0.542. The number of rotatable bonds is 4. The molecule has 0 aliphatic carbocycles. The second-order valence-corrected chi connectivity index (χ2v) is 7.79. The molecule has 1 fully saturated rings. The van der Waals surface area contributed by atoms with Crippen LogP contribution in [0.5, 0.6) is 5.75 Å². The van der Waals surface area contributed by atoms with Crippen molar-refractivity contribution in [3.8, 4) is 17.1 Å². The van der Waals surface area contributed by atoms with Crippen LogP contribution >= 0.6 is 11.6 Å². The van der Waals surface area contributed by atoms with E-state index in [9.17, 15) is 5.11 Å². The molecule has 0 amide bonds. The third-order valence-corrected chi connectivity index (χ3v) is 5.76. The van der Waals surface area contributed by atoms with E-state index in [1.54, 1.807) is 12.3 Å². The van der Waals surface area contributed by atoms with E-state index in [1.807, 2.05) is 36.4 Å². The molecular formula is C22H22ClN5O. The number of hydrogen-bond donors (Lipinski definition) is 2. The first-order valence-electron chi connectivity index (χ1n) is 9.86. The number of aromatic nitrogens is 3. The average molecular weight is 408 g/mol. The van der Waals surface area contributed by atoms with Crippen LogP contribution in [-0.4, -0.2) is 57.3 Å². The Balaban J connectivity index is 1.68. The lowest BCUT2D eigenvalue weighted by atomic mass is 10.1. The van der Waals surface area contributed by atoms with Gasteiger partial charge in [-0.1, -0.05) is 23.7 Å². The topological polar surface area (TPSA) is 66.2 Å². The molecule has 1 aliphatic heterocycles. The van der Waals surface area contributed by atoms with Crippen LogP contribution in [0.25, 0.3) is 33.3 Å². The minimum absolute atomic E-state index is 0.228. The molecule has 0 unspecified atom stereocenters. The molecular weight excluding hydrogens is 386 g/mol. The Morgan fingerprint density at radius 1 is 1.03 bits per heavy atom. The van der Waals surface area contributed by atoms with Gasteiger partial charge in [0.2, 0.25) is 0 Å². The van der Waals surface area contributed by atoms with E-state index in [-0.39, 0.29) is 5.75 Å². The van der Waals surface area contributed by atoms with Crippen molar-refractivity contribution in [2.45, 2.75) is 6.54 Å². The van der Waals surface area contributed by atoms with Gasteiger partial charge in [0.05, 0.1) is 22.8 Å². The second kappa shape index (κ2) is 7.63. The van der Waals surface area contributed by atoms with E-state index in [2.05, 4.69) is 19.8 Å². The Morgan fingerprint density at radius 2 is 1.86 bits per heavy atom. The Hall–Kier alpha value is -2.67. The average Bonchev–Trinajstić information content (AvgIpc) is 3.12. The molecule has 7 heteroatoms. The summed E-state index contributed by atoms with van der Waals surface area (Å²) in [6.45, 7) is 5.81. The largest absolute Gasteiger partial charge is 0.507 e. The maximum absolute atomic E-state index is 10.5. The number of benzene rings is 2. The van der Waals surface area contributed by atoms with Gasteiger partial charge < -0.3 is 15.0 Å². The molecule has 6 nitrogen and oxygen atoms in total. The van der Waals surface area contributed by atoms with Crippen molar-refractivity contribution in [1.29, 1.82) is 0 Å². The van der Waals surface area contributed by atoms with Crippen molar-refractivity contribution in [2.24, 2.45) is 0 Å². The molecule has 0 spiro atoms. The Bertz CT molecular complexity index is 1180. The van der Waals surface area contributed by atoms with Crippen LogP contribution in [0.3, 0.4) is 0 Å². The fourth-order valence-electron chi connectivity index (χ4n) is 4.05. The first-order chi connectivity index (χ1) is 14.2. The third-order valence-electron chi connectivity index (χ3n) is 5.53. The van der Waals surface area contributed by atoms with Gasteiger partial charge >= 0.3 is 0 Å². The van der Waals surface area contributed by atoms with Gasteiger partial charge in [-0.3, -0.25) is 9.88 Å². The van der Waals surface area contributed by atoms with Crippen molar-refractivity contribution in [2.75, 3.05) is 32.7 Å². The highest BCUT2D eigenvalue weighted by Crippen LogP contribution is 2.34. The summed E-state index contributed by atoms with van der Waals surface area (Å²) in [6, 6.07) is 13.1. The number of imidazole rings is 1. The van der Waals surface area contributed by atoms with Crippen molar-refractivity contribution in [1.82, 2.24) is 24.8 Å². The van der Waals surface area contributed by atoms with Gasteiger partial charge in [0.15, 0.2) is 0 Å². The third kappa shape index (κ3) is 3.44. The molecule has 29 heavy (non-hydrogen) atoms. The minimum atomic E-state index is 0.228. The maximum Gasteiger partial charge on any atom is 0.145 e. The number of para-hydroxylation sites is 1. The van der Waals surface area contributed by atoms with Gasteiger partial charge in [-0.05, 0) is 30.3 Å². The van der Waals surface area contributed by atoms with E-state index in [4.69, 9.17) is 16.6 Å². The summed E-state index contributed by atoms with van der Waals surface area (Å²) in [5, 5.41) is 15.6. The summed E-state index contributed by atoms with van der Waals surface area (Å²) in [6.07, 6.45) is 1.79. The monoisotopic (exact) mass is 407 g/mol. The highest BCUT2D eigenvalue weighted by Gasteiger charge is 2.19. The number of halogens is 1. The molecule has 0 atom stereocenters. The van der Waals surface area contributed by atoms with Crippen molar-refractivity contribution >= 4 is 33.5 Å². The lowest BCUT2D eigenvalue weighted by Crippen LogP contribution is -2.44. The zero-order chi connectivity index (χ0) is 19.8. The number of nitrogens with zero attached hydrogens (tertiary/aromatic N) is 4. The first-order valence-corrected chi connectivity index (χ1v) is 10.2.